The number of aromatic nitrogens is 2. The first-order chi connectivity index (χ1) is 9.65. The van der Waals surface area contributed by atoms with Crippen molar-refractivity contribution in [2.24, 2.45) is 5.92 Å². The van der Waals surface area contributed by atoms with Crippen LogP contribution in [0, 0.1) is 5.92 Å². The Morgan fingerprint density at radius 1 is 1.35 bits per heavy atom. The van der Waals surface area contributed by atoms with E-state index in [4.69, 9.17) is 4.42 Å². The predicted molar refractivity (Wildman–Crippen MR) is 81.1 cm³/mol. The minimum absolute atomic E-state index is 0.569. The van der Waals surface area contributed by atoms with Crippen LogP contribution in [-0.4, -0.2) is 28.2 Å². The van der Waals surface area contributed by atoms with Gasteiger partial charge in [0.2, 0.25) is 11.8 Å². The molecule has 0 amide bonds. The van der Waals surface area contributed by atoms with Crippen LogP contribution in [0.4, 0.5) is 0 Å². The highest BCUT2D eigenvalue weighted by Crippen LogP contribution is 2.35. The van der Waals surface area contributed by atoms with E-state index in [1.165, 1.54) is 12.8 Å². The molecule has 1 aromatic carbocycles. The van der Waals surface area contributed by atoms with Gasteiger partial charge in [0, 0.05) is 10.5 Å². The molecule has 1 unspecified atom stereocenters. The fraction of sp³-hybridized carbons (Fsp3) is 0.467. The summed E-state index contributed by atoms with van der Waals surface area (Å²) in [6.45, 7) is 2.97. The Morgan fingerprint density at radius 2 is 2.10 bits per heavy atom. The second kappa shape index (κ2) is 5.66. The van der Waals surface area contributed by atoms with E-state index in [9.17, 15) is 0 Å². The van der Waals surface area contributed by atoms with Crippen LogP contribution in [0.3, 0.4) is 0 Å². The van der Waals surface area contributed by atoms with E-state index in [0.29, 0.717) is 24.4 Å². The van der Waals surface area contributed by atoms with Crippen molar-refractivity contribution >= 4 is 15.9 Å². The van der Waals surface area contributed by atoms with Crippen LogP contribution < -0.4 is 0 Å². The van der Waals surface area contributed by atoms with Crippen LogP contribution >= 0.6 is 15.9 Å². The highest BCUT2D eigenvalue weighted by molar-refractivity contribution is 9.10. The quantitative estimate of drug-likeness (QED) is 0.834. The lowest BCUT2D eigenvalue weighted by Crippen LogP contribution is -2.30. The Bertz CT molecular complexity index is 594. The van der Waals surface area contributed by atoms with Gasteiger partial charge >= 0.3 is 0 Å². The summed E-state index contributed by atoms with van der Waals surface area (Å²) in [5.74, 6) is 2.08. The normalized spacial score (nSPS) is 16.6. The summed E-state index contributed by atoms with van der Waals surface area (Å²) in [7, 11) is 2.12. The molecular formula is C15H18BrN3O. The molecule has 1 aromatic heterocycles. The van der Waals surface area contributed by atoms with E-state index < -0.39 is 0 Å². The Hall–Kier alpha value is -1.20. The van der Waals surface area contributed by atoms with Crippen molar-refractivity contribution in [2.75, 3.05) is 7.05 Å². The molecule has 20 heavy (non-hydrogen) atoms. The van der Waals surface area contributed by atoms with Crippen molar-refractivity contribution < 1.29 is 4.42 Å². The molecule has 2 aromatic rings. The molecule has 0 spiro atoms. The second-order valence-corrected chi connectivity index (χ2v) is 6.33. The first kappa shape index (κ1) is 13.8. The molecule has 0 radical (unpaired) electrons. The van der Waals surface area contributed by atoms with Gasteiger partial charge in [0.15, 0.2) is 0 Å². The third kappa shape index (κ3) is 2.94. The third-order valence-electron chi connectivity index (χ3n) is 3.96. The number of rotatable bonds is 5. The molecular weight excluding hydrogens is 318 g/mol. The summed E-state index contributed by atoms with van der Waals surface area (Å²) in [6, 6.07) is 8.45. The van der Waals surface area contributed by atoms with Crippen molar-refractivity contribution in [2.45, 2.75) is 32.4 Å². The van der Waals surface area contributed by atoms with Crippen LogP contribution in [0.5, 0.6) is 0 Å². The maximum absolute atomic E-state index is 5.78. The zero-order chi connectivity index (χ0) is 14.1. The van der Waals surface area contributed by atoms with E-state index in [1.54, 1.807) is 0 Å². The average Bonchev–Trinajstić information content (AvgIpc) is 3.19. The molecule has 106 valence electrons. The summed E-state index contributed by atoms with van der Waals surface area (Å²) in [4.78, 5) is 2.29. The SMILES string of the molecule is CC(C1CC1)N(C)Cc1nnc(-c2ccccc2Br)o1. The number of hydrogen-bond donors (Lipinski definition) is 0. The first-order valence-electron chi connectivity index (χ1n) is 6.92. The highest BCUT2D eigenvalue weighted by atomic mass is 79.9. The molecule has 4 nitrogen and oxygen atoms in total. The fourth-order valence-electron chi connectivity index (χ4n) is 2.36. The monoisotopic (exact) mass is 335 g/mol. The standard InChI is InChI=1S/C15H18BrN3O/c1-10(11-7-8-11)19(2)9-14-17-18-15(20-14)12-5-3-4-6-13(12)16/h3-6,10-11H,7-9H2,1-2H3. The van der Waals surface area contributed by atoms with Crippen molar-refractivity contribution in [1.82, 2.24) is 15.1 Å². The summed E-state index contributed by atoms with van der Waals surface area (Å²) in [5, 5.41) is 8.30. The number of nitrogens with zero attached hydrogens (tertiary/aromatic N) is 3. The molecule has 1 saturated carbocycles. The highest BCUT2D eigenvalue weighted by Gasteiger charge is 2.31. The number of halogens is 1. The van der Waals surface area contributed by atoms with Crippen LogP contribution in [0.25, 0.3) is 11.5 Å². The molecule has 0 saturated heterocycles. The minimum Gasteiger partial charge on any atom is -0.419 e. The summed E-state index contributed by atoms with van der Waals surface area (Å²) >= 11 is 3.51. The van der Waals surface area contributed by atoms with Gasteiger partial charge in [0.1, 0.15) is 0 Å². The Morgan fingerprint density at radius 3 is 2.80 bits per heavy atom. The zero-order valence-electron chi connectivity index (χ0n) is 11.7. The van der Waals surface area contributed by atoms with Crippen LogP contribution in [0.15, 0.2) is 33.2 Å². The molecule has 3 rings (SSSR count). The molecule has 0 bridgehead atoms. The van der Waals surface area contributed by atoms with Gasteiger partial charge < -0.3 is 4.42 Å². The summed E-state index contributed by atoms with van der Waals surface area (Å²) in [5.41, 5.74) is 0.934. The Labute approximate surface area is 127 Å². The largest absolute Gasteiger partial charge is 0.419 e. The minimum atomic E-state index is 0.569. The lowest BCUT2D eigenvalue weighted by molar-refractivity contribution is 0.206. The second-order valence-electron chi connectivity index (χ2n) is 5.47. The van der Waals surface area contributed by atoms with E-state index >= 15 is 0 Å². The van der Waals surface area contributed by atoms with E-state index in [2.05, 4.69) is 45.0 Å². The molecule has 1 aliphatic rings. The summed E-state index contributed by atoms with van der Waals surface area (Å²) in [6.07, 6.45) is 2.69. The van der Waals surface area contributed by atoms with E-state index in [1.807, 2.05) is 24.3 Å². The smallest absolute Gasteiger partial charge is 0.248 e. The van der Waals surface area contributed by atoms with Gasteiger partial charge in [-0.3, -0.25) is 4.90 Å². The maximum Gasteiger partial charge on any atom is 0.248 e. The van der Waals surface area contributed by atoms with Crippen LogP contribution in [0.1, 0.15) is 25.7 Å². The molecule has 1 heterocycles. The van der Waals surface area contributed by atoms with Crippen LogP contribution in [0.2, 0.25) is 0 Å². The fourth-order valence-corrected chi connectivity index (χ4v) is 2.81. The van der Waals surface area contributed by atoms with Gasteiger partial charge in [-0.25, -0.2) is 0 Å². The topological polar surface area (TPSA) is 42.2 Å². The maximum atomic E-state index is 5.78. The molecule has 0 N–H and O–H groups in total. The first-order valence-corrected chi connectivity index (χ1v) is 7.72. The zero-order valence-corrected chi connectivity index (χ0v) is 13.3. The molecule has 1 fully saturated rings. The predicted octanol–water partition coefficient (Wildman–Crippen LogP) is 3.73. The molecule has 1 atom stereocenters. The van der Waals surface area contributed by atoms with Gasteiger partial charge in [0.05, 0.1) is 12.1 Å². The lowest BCUT2D eigenvalue weighted by Gasteiger charge is -2.22. The average molecular weight is 336 g/mol. The van der Waals surface area contributed by atoms with Crippen LogP contribution in [-0.2, 0) is 6.54 Å². The van der Waals surface area contributed by atoms with E-state index in [-0.39, 0.29) is 0 Å². The van der Waals surface area contributed by atoms with Crippen molar-refractivity contribution in [3.8, 4) is 11.5 Å². The Balaban J connectivity index is 1.72. The Kier molecular flexibility index (Phi) is 3.89. The van der Waals surface area contributed by atoms with Gasteiger partial charge in [0.25, 0.3) is 0 Å². The van der Waals surface area contributed by atoms with Crippen molar-refractivity contribution in [3.63, 3.8) is 0 Å². The van der Waals surface area contributed by atoms with Gasteiger partial charge in [-0.15, -0.1) is 10.2 Å². The molecule has 1 aliphatic carbocycles. The van der Waals surface area contributed by atoms with Gasteiger partial charge in [-0.2, -0.15) is 0 Å². The molecule has 5 heteroatoms. The van der Waals surface area contributed by atoms with Crippen molar-refractivity contribution in [1.29, 1.82) is 0 Å². The summed E-state index contributed by atoms with van der Waals surface area (Å²) < 4.78 is 6.75. The number of hydrogen-bond acceptors (Lipinski definition) is 4. The van der Waals surface area contributed by atoms with Gasteiger partial charge in [-0.05, 0) is 60.8 Å². The lowest BCUT2D eigenvalue weighted by atomic mass is 10.2. The van der Waals surface area contributed by atoms with Gasteiger partial charge in [-0.1, -0.05) is 12.1 Å². The van der Waals surface area contributed by atoms with Crippen molar-refractivity contribution in [3.05, 3.63) is 34.6 Å². The number of benzene rings is 1. The van der Waals surface area contributed by atoms with E-state index in [0.717, 1.165) is 16.0 Å². The molecule has 0 aliphatic heterocycles. The third-order valence-corrected chi connectivity index (χ3v) is 4.65.